The van der Waals surface area contributed by atoms with Crippen LogP contribution in [0.5, 0.6) is 0 Å². The third kappa shape index (κ3) is 3.50. The van der Waals surface area contributed by atoms with E-state index < -0.39 is 24.3 Å². The summed E-state index contributed by atoms with van der Waals surface area (Å²) in [4.78, 5) is 3.64. The molecule has 0 saturated carbocycles. The molecular weight excluding hydrogens is 364 g/mol. The van der Waals surface area contributed by atoms with E-state index in [1.54, 1.807) is 0 Å². The second kappa shape index (κ2) is 6.25. The summed E-state index contributed by atoms with van der Waals surface area (Å²) >= 11 is 17.6. The van der Waals surface area contributed by atoms with Crippen molar-refractivity contribution in [3.8, 4) is 11.3 Å². The lowest BCUT2D eigenvalue weighted by Gasteiger charge is -2.14. The molecule has 3 nitrogen and oxygen atoms in total. The third-order valence-electron chi connectivity index (χ3n) is 2.79. The van der Waals surface area contributed by atoms with Gasteiger partial charge in [-0.2, -0.15) is 13.2 Å². The predicted octanol–water partition coefficient (Wildman–Crippen LogP) is 3.41. The van der Waals surface area contributed by atoms with Crippen LogP contribution in [-0.2, 0) is 6.18 Å². The Labute approximate surface area is 138 Å². The Bertz CT molecular complexity index is 725. The maximum Gasteiger partial charge on any atom is 0.490 e. The standard InChI is InChI=1S/C12H6BCl3F3NO2/c14-8-3-10(16)9(15)2-6(8)11-7(13(21)22)1-5(4-20-11)12(17,18)19/h1-4,21-22H. The maximum atomic E-state index is 12.7. The van der Waals surface area contributed by atoms with Crippen molar-refractivity contribution in [1.82, 2.24) is 4.98 Å². The Morgan fingerprint density at radius 1 is 0.955 bits per heavy atom. The first-order chi connectivity index (χ1) is 10.1. The van der Waals surface area contributed by atoms with Crippen LogP contribution in [0.2, 0.25) is 15.1 Å². The zero-order chi connectivity index (χ0) is 16.7. The van der Waals surface area contributed by atoms with Crippen molar-refractivity contribution >= 4 is 47.4 Å². The zero-order valence-corrected chi connectivity index (χ0v) is 12.8. The lowest BCUT2D eigenvalue weighted by Crippen LogP contribution is -2.33. The van der Waals surface area contributed by atoms with Crippen molar-refractivity contribution in [3.05, 3.63) is 45.0 Å². The van der Waals surface area contributed by atoms with Gasteiger partial charge in [-0.25, -0.2) is 0 Å². The van der Waals surface area contributed by atoms with Crippen LogP contribution in [-0.4, -0.2) is 22.2 Å². The molecule has 0 aliphatic heterocycles. The van der Waals surface area contributed by atoms with Crippen LogP contribution in [0.1, 0.15) is 5.56 Å². The number of aromatic nitrogens is 1. The lowest BCUT2D eigenvalue weighted by molar-refractivity contribution is -0.137. The maximum absolute atomic E-state index is 12.7. The highest BCUT2D eigenvalue weighted by Gasteiger charge is 2.33. The van der Waals surface area contributed by atoms with Crippen molar-refractivity contribution in [2.75, 3.05) is 0 Å². The number of hydrogen-bond donors (Lipinski definition) is 2. The summed E-state index contributed by atoms with van der Waals surface area (Å²) in [5.74, 6) is 0. The lowest BCUT2D eigenvalue weighted by atomic mass is 9.77. The summed E-state index contributed by atoms with van der Waals surface area (Å²) in [5, 5.41) is 18.9. The molecule has 0 aliphatic carbocycles. The van der Waals surface area contributed by atoms with Crippen LogP contribution in [0.3, 0.4) is 0 Å². The van der Waals surface area contributed by atoms with Crippen molar-refractivity contribution in [2.24, 2.45) is 0 Å². The van der Waals surface area contributed by atoms with E-state index in [1.807, 2.05) is 0 Å². The summed E-state index contributed by atoms with van der Waals surface area (Å²) < 4.78 is 38.1. The molecule has 0 spiro atoms. The fraction of sp³-hybridized carbons (Fsp3) is 0.0833. The van der Waals surface area contributed by atoms with E-state index >= 15 is 0 Å². The first kappa shape index (κ1) is 17.4. The fourth-order valence-corrected chi connectivity index (χ4v) is 2.40. The summed E-state index contributed by atoms with van der Waals surface area (Å²) in [6, 6.07) is 3.16. The number of alkyl halides is 3. The van der Waals surface area contributed by atoms with E-state index in [0.29, 0.717) is 12.3 Å². The van der Waals surface area contributed by atoms with Gasteiger partial charge in [-0.15, -0.1) is 0 Å². The minimum absolute atomic E-state index is 0.0589. The molecular formula is C12H6BCl3F3NO2. The highest BCUT2D eigenvalue weighted by Crippen LogP contribution is 2.35. The first-order valence-electron chi connectivity index (χ1n) is 5.69. The molecule has 10 heteroatoms. The minimum atomic E-state index is -4.67. The molecule has 0 atom stereocenters. The highest BCUT2D eigenvalue weighted by atomic mass is 35.5. The molecule has 0 saturated heterocycles. The normalized spacial score (nSPS) is 11.6. The average Bonchev–Trinajstić information content (AvgIpc) is 2.41. The molecule has 2 aromatic rings. The summed E-state index contributed by atoms with van der Waals surface area (Å²) in [6.45, 7) is 0. The van der Waals surface area contributed by atoms with Gasteiger partial charge in [0.15, 0.2) is 0 Å². The van der Waals surface area contributed by atoms with Gasteiger partial charge in [0.2, 0.25) is 0 Å². The van der Waals surface area contributed by atoms with E-state index in [2.05, 4.69) is 4.98 Å². The Balaban J connectivity index is 2.68. The van der Waals surface area contributed by atoms with Crippen LogP contribution in [0.4, 0.5) is 13.2 Å². The van der Waals surface area contributed by atoms with E-state index in [0.717, 1.165) is 0 Å². The fourth-order valence-electron chi connectivity index (χ4n) is 1.76. The Morgan fingerprint density at radius 2 is 1.55 bits per heavy atom. The first-order valence-corrected chi connectivity index (χ1v) is 6.83. The van der Waals surface area contributed by atoms with Gasteiger partial charge >= 0.3 is 13.3 Å². The zero-order valence-electron chi connectivity index (χ0n) is 10.5. The SMILES string of the molecule is OB(O)c1cc(C(F)(F)F)cnc1-c1cc(Cl)c(Cl)cc1Cl. The van der Waals surface area contributed by atoms with Gasteiger partial charge in [-0.05, 0) is 18.2 Å². The number of halogens is 6. The molecule has 1 aromatic carbocycles. The molecule has 0 amide bonds. The smallest absolute Gasteiger partial charge is 0.423 e. The number of nitrogens with zero attached hydrogens (tertiary/aromatic N) is 1. The summed E-state index contributed by atoms with van der Waals surface area (Å²) in [7, 11) is -2.17. The minimum Gasteiger partial charge on any atom is -0.423 e. The number of benzene rings is 1. The van der Waals surface area contributed by atoms with Gasteiger partial charge in [0.05, 0.1) is 26.3 Å². The summed E-state index contributed by atoms with van der Waals surface area (Å²) in [6.07, 6.45) is -4.10. The molecule has 2 N–H and O–H groups in total. The van der Waals surface area contributed by atoms with Gasteiger partial charge in [0.1, 0.15) is 0 Å². The predicted molar refractivity (Wildman–Crippen MR) is 79.5 cm³/mol. The molecule has 0 fully saturated rings. The molecule has 0 radical (unpaired) electrons. The second-order valence-electron chi connectivity index (χ2n) is 4.28. The number of rotatable bonds is 2. The molecule has 0 unspecified atom stereocenters. The van der Waals surface area contributed by atoms with E-state index in [-0.39, 0.29) is 26.3 Å². The van der Waals surface area contributed by atoms with E-state index in [1.165, 1.54) is 12.1 Å². The second-order valence-corrected chi connectivity index (χ2v) is 5.50. The van der Waals surface area contributed by atoms with E-state index in [4.69, 9.17) is 34.8 Å². The van der Waals surface area contributed by atoms with Crippen LogP contribution in [0, 0.1) is 0 Å². The third-order valence-corrected chi connectivity index (χ3v) is 3.82. The van der Waals surface area contributed by atoms with Gasteiger partial charge in [0.25, 0.3) is 0 Å². The molecule has 2 rings (SSSR count). The Morgan fingerprint density at radius 3 is 2.09 bits per heavy atom. The van der Waals surface area contributed by atoms with Crippen LogP contribution in [0.25, 0.3) is 11.3 Å². The highest BCUT2D eigenvalue weighted by molar-refractivity contribution is 6.60. The molecule has 0 aliphatic rings. The van der Waals surface area contributed by atoms with Gasteiger partial charge in [0, 0.05) is 17.2 Å². The number of pyridine rings is 1. The van der Waals surface area contributed by atoms with Gasteiger partial charge in [-0.1, -0.05) is 34.8 Å². The Hall–Kier alpha value is -0.985. The molecule has 1 aromatic heterocycles. The molecule has 0 bridgehead atoms. The monoisotopic (exact) mass is 369 g/mol. The molecule has 116 valence electrons. The molecule has 1 heterocycles. The van der Waals surface area contributed by atoms with Crippen LogP contribution in [0.15, 0.2) is 24.4 Å². The summed E-state index contributed by atoms with van der Waals surface area (Å²) in [5.41, 5.74) is -1.56. The van der Waals surface area contributed by atoms with Gasteiger partial charge in [-0.3, -0.25) is 4.98 Å². The topological polar surface area (TPSA) is 53.4 Å². The van der Waals surface area contributed by atoms with Crippen molar-refractivity contribution in [2.45, 2.75) is 6.18 Å². The largest absolute Gasteiger partial charge is 0.490 e. The van der Waals surface area contributed by atoms with Crippen molar-refractivity contribution < 1.29 is 23.2 Å². The Kier molecular flexibility index (Phi) is 4.94. The molecule has 22 heavy (non-hydrogen) atoms. The van der Waals surface area contributed by atoms with Crippen LogP contribution >= 0.6 is 34.8 Å². The van der Waals surface area contributed by atoms with E-state index in [9.17, 15) is 23.2 Å². The van der Waals surface area contributed by atoms with Crippen molar-refractivity contribution in [1.29, 1.82) is 0 Å². The van der Waals surface area contributed by atoms with Crippen LogP contribution < -0.4 is 5.46 Å². The quantitative estimate of drug-likeness (QED) is 0.629. The van der Waals surface area contributed by atoms with Crippen molar-refractivity contribution in [3.63, 3.8) is 0 Å². The average molecular weight is 370 g/mol. The van der Waals surface area contributed by atoms with Gasteiger partial charge < -0.3 is 10.0 Å². The number of hydrogen-bond acceptors (Lipinski definition) is 3.